The minimum Gasteiger partial charge on any atom is -0.507 e. The predicted molar refractivity (Wildman–Crippen MR) is 82.7 cm³/mol. The summed E-state index contributed by atoms with van der Waals surface area (Å²) in [4.78, 5) is 14.6. The van der Waals surface area contributed by atoms with Crippen LogP contribution in [0.5, 0.6) is 11.5 Å². The number of fused-ring (bicyclic) bond motifs is 1. The molecule has 0 fully saturated rings. The fourth-order valence-electron chi connectivity index (χ4n) is 2.09. The van der Waals surface area contributed by atoms with Crippen molar-refractivity contribution in [3.05, 3.63) is 27.3 Å². The molecule has 0 aliphatic carbocycles. The van der Waals surface area contributed by atoms with Gasteiger partial charge in [-0.1, -0.05) is 0 Å². The van der Waals surface area contributed by atoms with E-state index in [1.165, 1.54) is 13.2 Å². The van der Waals surface area contributed by atoms with Crippen LogP contribution in [0, 0.1) is 4.77 Å². The molecule has 0 amide bonds. The van der Waals surface area contributed by atoms with Crippen LogP contribution in [0.15, 0.2) is 16.9 Å². The van der Waals surface area contributed by atoms with Crippen molar-refractivity contribution >= 4 is 23.1 Å². The highest BCUT2D eigenvalue weighted by molar-refractivity contribution is 7.71. The topological polar surface area (TPSA) is 76.5 Å². The lowest BCUT2D eigenvalue weighted by molar-refractivity contribution is 0.0729. The quantitative estimate of drug-likeness (QED) is 0.828. The molecule has 0 aliphatic rings. The molecule has 6 nitrogen and oxygen atoms in total. The number of ether oxygens (including phenoxy) is 2. The number of aromatic amines is 1. The lowest BCUT2D eigenvalue weighted by Crippen LogP contribution is -2.18. The minimum atomic E-state index is -0.420. The molecule has 1 heterocycles. The van der Waals surface area contributed by atoms with Crippen molar-refractivity contribution in [3.63, 3.8) is 0 Å². The number of hydrogen-bond acceptors (Lipinski definition) is 5. The average molecular weight is 310 g/mol. The second-order valence-electron chi connectivity index (χ2n) is 4.87. The molecule has 7 heteroatoms. The van der Waals surface area contributed by atoms with Crippen molar-refractivity contribution in [1.29, 1.82) is 0 Å². The van der Waals surface area contributed by atoms with Gasteiger partial charge in [0.05, 0.1) is 25.3 Å². The van der Waals surface area contributed by atoms with Crippen LogP contribution in [-0.2, 0) is 11.3 Å². The molecule has 0 aliphatic heterocycles. The Hall–Kier alpha value is -1.86. The van der Waals surface area contributed by atoms with Crippen molar-refractivity contribution in [2.45, 2.75) is 26.5 Å². The summed E-state index contributed by atoms with van der Waals surface area (Å²) in [7, 11) is 1.49. The first kappa shape index (κ1) is 15.5. The van der Waals surface area contributed by atoms with Gasteiger partial charge in [0.1, 0.15) is 16.9 Å². The van der Waals surface area contributed by atoms with Crippen molar-refractivity contribution in [2.24, 2.45) is 0 Å². The molecule has 0 atom stereocenters. The summed E-state index contributed by atoms with van der Waals surface area (Å²) in [6.07, 6.45) is 0.108. The molecule has 114 valence electrons. The SMILES string of the molecule is COc1cc(O)c2c(=O)[nH]c(=S)n(CCOC(C)C)c2c1. The van der Waals surface area contributed by atoms with Crippen LogP contribution in [0.3, 0.4) is 0 Å². The van der Waals surface area contributed by atoms with Gasteiger partial charge in [0, 0.05) is 18.7 Å². The van der Waals surface area contributed by atoms with E-state index in [0.717, 1.165) is 0 Å². The number of hydrogen-bond donors (Lipinski definition) is 2. The number of benzene rings is 1. The predicted octanol–water partition coefficient (Wildman–Crippen LogP) is 2.20. The maximum atomic E-state index is 12.0. The maximum absolute atomic E-state index is 12.0. The van der Waals surface area contributed by atoms with Gasteiger partial charge >= 0.3 is 0 Å². The third-order valence-corrected chi connectivity index (χ3v) is 3.38. The zero-order valence-electron chi connectivity index (χ0n) is 12.2. The van der Waals surface area contributed by atoms with Crippen LogP contribution in [0.25, 0.3) is 10.9 Å². The zero-order valence-corrected chi connectivity index (χ0v) is 13.0. The molecule has 2 aromatic rings. The first-order valence-corrected chi connectivity index (χ1v) is 7.00. The lowest BCUT2D eigenvalue weighted by atomic mass is 10.2. The minimum absolute atomic E-state index is 0.108. The van der Waals surface area contributed by atoms with Gasteiger partial charge < -0.3 is 19.1 Å². The Morgan fingerprint density at radius 3 is 2.76 bits per heavy atom. The fourth-order valence-corrected chi connectivity index (χ4v) is 2.37. The molecule has 2 rings (SSSR count). The summed E-state index contributed by atoms with van der Waals surface area (Å²) < 4.78 is 12.6. The van der Waals surface area contributed by atoms with E-state index in [1.807, 2.05) is 13.8 Å². The molecule has 0 unspecified atom stereocenters. The number of phenols is 1. The Labute approximate surface area is 126 Å². The van der Waals surface area contributed by atoms with Crippen molar-refractivity contribution < 1.29 is 14.6 Å². The summed E-state index contributed by atoms with van der Waals surface area (Å²) in [6, 6.07) is 3.07. The van der Waals surface area contributed by atoms with Gasteiger partial charge in [-0.05, 0) is 26.1 Å². The van der Waals surface area contributed by atoms with Crippen LogP contribution in [0.2, 0.25) is 0 Å². The third kappa shape index (κ3) is 3.25. The van der Waals surface area contributed by atoms with Crippen molar-refractivity contribution in [2.75, 3.05) is 13.7 Å². The van der Waals surface area contributed by atoms with Gasteiger partial charge in [0.2, 0.25) is 0 Å². The van der Waals surface area contributed by atoms with E-state index in [9.17, 15) is 9.90 Å². The molecule has 1 aromatic heterocycles. The molecule has 1 aromatic carbocycles. The van der Waals surface area contributed by atoms with Crippen LogP contribution >= 0.6 is 12.2 Å². The molecule has 0 saturated carbocycles. The highest BCUT2D eigenvalue weighted by Crippen LogP contribution is 2.27. The highest BCUT2D eigenvalue weighted by Gasteiger charge is 2.12. The largest absolute Gasteiger partial charge is 0.507 e. The smallest absolute Gasteiger partial charge is 0.263 e. The lowest BCUT2D eigenvalue weighted by Gasteiger charge is -2.14. The van der Waals surface area contributed by atoms with Crippen LogP contribution in [0.4, 0.5) is 0 Å². The molecule has 0 radical (unpaired) electrons. The maximum Gasteiger partial charge on any atom is 0.263 e. The number of nitrogens with one attached hydrogen (secondary N) is 1. The van der Waals surface area contributed by atoms with Crippen molar-refractivity contribution in [3.8, 4) is 11.5 Å². The van der Waals surface area contributed by atoms with Crippen LogP contribution in [-0.4, -0.2) is 34.5 Å². The molecule has 2 N–H and O–H groups in total. The second kappa shape index (κ2) is 6.28. The Morgan fingerprint density at radius 1 is 1.43 bits per heavy atom. The normalized spacial score (nSPS) is 11.2. The van der Waals surface area contributed by atoms with Gasteiger partial charge in [0.25, 0.3) is 5.56 Å². The number of aromatic hydroxyl groups is 1. The van der Waals surface area contributed by atoms with E-state index in [2.05, 4.69) is 4.98 Å². The number of nitrogens with zero attached hydrogens (tertiary/aromatic N) is 1. The van der Waals surface area contributed by atoms with E-state index in [1.54, 1.807) is 10.6 Å². The van der Waals surface area contributed by atoms with Gasteiger partial charge in [-0.3, -0.25) is 9.78 Å². The Balaban J connectivity index is 2.60. The number of rotatable bonds is 5. The molecule has 0 saturated heterocycles. The van der Waals surface area contributed by atoms with Crippen LogP contribution < -0.4 is 10.3 Å². The van der Waals surface area contributed by atoms with Gasteiger partial charge in [-0.2, -0.15) is 0 Å². The Bertz CT molecular complexity index is 764. The second-order valence-corrected chi connectivity index (χ2v) is 5.26. The monoisotopic (exact) mass is 310 g/mol. The van der Waals surface area contributed by atoms with Gasteiger partial charge in [0.15, 0.2) is 4.77 Å². The summed E-state index contributed by atoms with van der Waals surface area (Å²) in [5.41, 5.74) is 0.101. The van der Waals surface area contributed by atoms with E-state index in [4.69, 9.17) is 21.7 Å². The highest BCUT2D eigenvalue weighted by atomic mass is 32.1. The molecular weight excluding hydrogens is 292 g/mol. The molecular formula is C14H18N2O4S. The van der Waals surface area contributed by atoms with E-state index >= 15 is 0 Å². The Kier molecular flexibility index (Phi) is 4.64. The molecule has 21 heavy (non-hydrogen) atoms. The summed E-state index contributed by atoms with van der Waals surface area (Å²) in [6.45, 7) is 4.81. The first-order chi connectivity index (χ1) is 9.93. The average Bonchev–Trinajstić information content (AvgIpc) is 2.40. The summed E-state index contributed by atoms with van der Waals surface area (Å²) in [5.74, 6) is 0.317. The van der Waals surface area contributed by atoms with E-state index < -0.39 is 5.56 Å². The number of aromatic nitrogens is 2. The third-order valence-electron chi connectivity index (χ3n) is 3.06. The number of phenolic OH excluding ortho intramolecular Hbond substituents is 1. The molecule has 0 bridgehead atoms. The number of methoxy groups -OCH3 is 1. The standard InChI is InChI=1S/C14H18N2O4S/c1-8(2)20-5-4-16-10-6-9(19-3)7-11(17)12(10)13(18)15-14(16)21/h6-8,17H,4-5H2,1-3H3,(H,15,18,21). The van der Waals surface area contributed by atoms with Crippen LogP contribution in [0.1, 0.15) is 13.8 Å². The fraction of sp³-hybridized carbons (Fsp3) is 0.429. The summed E-state index contributed by atoms with van der Waals surface area (Å²) in [5, 5.41) is 10.2. The van der Waals surface area contributed by atoms with Crippen molar-refractivity contribution in [1.82, 2.24) is 9.55 Å². The van der Waals surface area contributed by atoms with Gasteiger partial charge in [-0.15, -0.1) is 0 Å². The molecule has 0 spiro atoms. The number of H-pyrrole nitrogens is 1. The van der Waals surface area contributed by atoms with E-state index in [-0.39, 0.29) is 22.0 Å². The first-order valence-electron chi connectivity index (χ1n) is 6.59. The van der Waals surface area contributed by atoms with Gasteiger partial charge in [-0.25, -0.2) is 0 Å². The summed E-state index contributed by atoms with van der Waals surface area (Å²) >= 11 is 5.20. The Morgan fingerprint density at radius 2 is 2.14 bits per heavy atom. The van der Waals surface area contributed by atoms with E-state index in [0.29, 0.717) is 24.4 Å². The zero-order chi connectivity index (χ0) is 15.6.